The SMILES string of the molecule is NC1CCC(C(=O)Cc2ccc(Cl)s2)CC1. The van der Waals surface area contributed by atoms with Gasteiger partial charge in [0, 0.05) is 23.3 Å². The molecular weight excluding hydrogens is 242 g/mol. The third kappa shape index (κ3) is 3.06. The van der Waals surface area contributed by atoms with Crippen LogP contribution in [-0.4, -0.2) is 11.8 Å². The molecule has 1 aromatic heterocycles. The Bertz CT molecular complexity index is 369. The van der Waals surface area contributed by atoms with Crippen LogP contribution in [0, 0.1) is 5.92 Å². The highest BCUT2D eigenvalue weighted by Gasteiger charge is 2.24. The highest BCUT2D eigenvalue weighted by molar-refractivity contribution is 7.16. The summed E-state index contributed by atoms with van der Waals surface area (Å²) >= 11 is 7.34. The first-order chi connectivity index (χ1) is 7.65. The van der Waals surface area contributed by atoms with Gasteiger partial charge in [-0.25, -0.2) is 0 Å². The van der Waals surface area contributed by atoms with Gasteiger partial charge in [-0.3, -0.25) is 4.79 Å². The lowest BCUT2D eigenvalue weighted by atomic mass is 9.83. The molecule has 1 saturated carbocycles. The van der Waals surface area contributed by atoms with Crippen molar-refractivity contribution in [3.63, 3.8) is 0 Å². The number of Topliss-reactive ketones (excluding diaryl/α,β-unsaturated/α-hetero) is 1. The fraction of sp³-hybridized carbons (Fsp3) is 0.583. The number of ketones is 1. The topological polar surface area (TPSA) is 43.1 Å². The largest absolute Gasteiger partial charge is 0.328 e. The third-order valence-electron chi connectivity index (χ3n) is 3.20. The van der Waals surface area contributed by atoms with Gasteiger partial charge in [0.2, 0.25) is 0 Å². The Labute approximate surface area is 105 Å². The molecule has 2 nitrogen and oxygen atoms in total. The Kier molecular flexibility index (Phi) is 4.00. The van der Waals surface area contributed by atoms with Gasteiger partial charge < -0.3 is 5.73 Å². The smallest absolute Gasteiger partial charge is 0.141 e. The first-order valence-electron chi connectivity index (χ1n) is 5.67. The predicted molar refractivity (Wildman–Crippen MR) is 68.0 cm³/mol. The van der Waals surface area contributed by atoms with Crippen molar-refractivity contribution in [3.8, 4) is 0 Å². The standard InChI is InChI=1S/C12H16ClNOS/c13-12-6-5-10(16-12)7-11(15)8-1-3-9(14)4-2-8/h5-6,8-9H,1-4,7,14H2. The average Bonchev–Trinajstić information content (AvgIpc) is 2.65. The second kappa shape index (κ2) is 5.30. The van der Waals surface area contributed by atoms with Crippen molar-refractivity contribution in [2.75, 3.05) is 0 Å². The highest BCUT2D eigenvalue weighted by atomic mass is 35.5. The van der Waals surface area contributed by atoms with Crippen LogP contribution in [0.4, 0.5) is 0 Å². The molecule has 0 atom stereocenters. The molecular formula is C12H16ClNOS. The molecule has 0 unspecified atom stereocenters. The van der Waals surface area contributed by atoms with Crippen LogP contribution in [0.25, 0.3) is 0 Å². The Hall–Kier alpha value is -0.380. The fourth-order valence-electron chi connectivity index (χ4n) is 2.20. The predicted octanol–water partition coefficient (Wildman–Crippen LogP) is 3.03. The molecule has 0 radical (unpaired) electrons. The minimum absolute atomic E-state index is 0.223. The van der Waals surface area contributed by atoms with Gasteiger partial charge in [0.25, 0.3) is 0 Å². The number of halogens is 1. The van der Waals surface area contributed by atoms with E-state index in [2.05, 4.69) is 0 Å². The summed E-state index contributed by atoms with van der Waals surface area (Å²) in [4.78, 5) is 13.1. The molecule has 16 heavy (non-hydrogen) atoms. The number of rotatable bonds is 3. The molecule has 0 aromatic carbocycles. The van der Waals surface area contributed by atoms with Crippen LogP contribution in [0.1, 0.15) is 30.6 Å². The van der Waals surface area contributed by atoms with Gasteiger partial charge in [0.15, 0.2) is 0 Å². The Morgan fingerprint density at radius 3 is 2.62 bits per heavy atom. The summed E-state index contributed by atoms with van der Waals surface area (Å²) in [5.41, 5.74) is 5.83. The van der Waals surface area contributed by atoms with E-state index in [-0.39, 0.29) is 5.92 Å². The van der Waals surface area contributed by atoms with Crippen LogP contribution in [-0.2, 0) is 11.2 Å². The van der Waals surface area contributed by atoms with E-state index in [9.17, 15) is 4.79 Å². The van der Waals surface area contributed by atoms with Crippen LogP contribution < -0.4 is 5.73 Å². The minimum atomic E-state index is 0.223. The van der Waals surface area contributed by atoms with E-state index < -0.39 is 0 Å². The maximum absolute atomic E-state index is 12.0. The average molecular weight is 258 g/mol. The Morgan fingerprint density at radius 2 is 2.06 bits per heavy atom. The zero-order valence-electron chi connectivity index (χ0n) is 9.12. The molecule has 0 aliphatic heterocycles. The highest BCUT2D eigenvalue weighted by Crippen LogP contribution is 2.27. The molecule has 0 spiro atoms. The maximum Gasteiger partial charge on any atom is 0.141 e. The fourth-order valence-corrected chi connectivity index (χ4v) is 3.30. The molecule has 88 valence electrons. The molecule has 1 heterocycles. The minimum Gasteiger partial charge on any atom is -0.328 e. The molecule has 0 amide bonds. The molecule has 1 aromatic rings. The monoisotopic (exact) mass is 257 g/mol. The van der Waals surface area contributed by atoms with Gasteiger partial charge in [-0.05, 0) is 37.8 Å². The van der Waals surface area contributed by atoms with Gasteiger partial charge in [-0.2, -0.15) is 0 Å². The maximum atomic E-state index is 12.0. The molecule has 0 bridgehead atoms. The van der Waals surface area contributed by atoms with E-state index in [1.54, 1.807) is 0 Å². The molecule has 4 heteroatoms. The van der Waals surface area contributed by atoms with E-state index >= 15 is 0 Å². The number of nitrogens with two attached hydrogens (primary N) is 1. The summed E-state index contributed by atoms with van der Waals surface area (Å²) < 4.78 is 0.758. The van der Waals surface area contributed by atoms with Crippen LogP contribution in [0.15, 0.2) is 12.1 Å². The zero-order valence-corrected chi connectivity index (χ0v) is 10.7. The Morgan fingerprint density at radius 1 is 1.38 bits per heavy atom. The van der Waals surface area contributed by atoms with E-state index in [0.29, 0.717) is 18.2 Å². The summed E-state index contributed by atoms with van der Waals surface area (Å²) in [6, 6.07) is 4.10. The van der Waals surface area contributed by atoms with Gasteiger partial charge in [0.1, 0.15) is 5.78 Å². The number of carbonyl (C=O) groups is 1. The number of hydrogen-bond donors (Lipinski definition) is 1. The summed E-state index contributed by atoms with van der Waals surface area (Å²) in [6.07, 6.45) is 4.43. The van der Waals surface area contributed by atoms with Crippen LogP contribution in [0.2, 0.25) is 4.34 Å². The molecule has 1 aliphatic rings. The number of thiophene rings is 1. The molecule has 2 N–H and O–H groups in total. The van der Waals surface area contributed by atoms with Crippen molar-refractivity contribution in [1.29, 1.82) is 0 Å². The van der Waals surface area contributed by atoms with Gasteiger partial charge in [-0.1, -0.05) is 11.6 Å². The van der Waals surface area contributed by atoms with Gasteiger partial charge in [0.05, 0.1) is 4.34 Å². The lowest BCUT2D eigenvalue weighted by Crippen LogP contribution is -2.30. The number of hydrogen-bond acceptors (Lipinski definition) is 3. The third-order valence-corrected chi connectivity index (χ3v) is 4.44. The lowest BCUT2D eigenvalue weighted by Gasteiger charge is -2.24. The Balaban J connectivity index is 1.88. The van der Waals surface area contributed by atoms with E-state index in [1.165, 1.54) is 11.3 Å². The van der Waals surface area contributed by atoms with Crippen molar-refractivity contribution in [1.82, 2.24) is 0 Å². The molecule has 0 saturated heterocycles. The lowest BCUT2D eigenvalue weighted by molar-refractivity contribution is -0.123. The van der Waals surface area contributed by atoms with Crippen LogP contribution in [0.3, 0.4) is 0 Å². The normalized spacial score (nSPS) is 25.6. The summed E-state index contributed by atoms with van der Waals surface area (Å²) in [5, 5.41) is 0. The first-order valence-corrected chi connectivity index (χ1v) is 6.87. The van der Waals surface area contributed by atoms with E-state index in [4.69, 9.17) is 17.3 Å². The van der Waals surface area contributed by atoms with Crippen molar-refractivity contribution >= 4 is 28.7 Å². The quantitative estimate of drug-likeness (QED) is 0.905. The number of carbonyl (C=O) groups excluding carboxylic acids is 1. The van der Waals surface area contributed by atoms with Gasteiger partial charge >= 0.3 is 0 Å². The molecule has 2 rings (SSSR count). The molecule has 1 fully saturated rings. The van der Waals surface area contributed by atoms with Crippen molar-refractivity contribution in [3.05, 3.63) is 21.3 Å². The van der Waals surface area contributed by atoms with Crippen molar-refractivity contribution in [2.45, 2.75) is 38.1 Å². The van der Waals surface area contributed by atoms with Gasteiger partial charge in [-0.15, -0.1) is 11.3 Å². The van der Waals surface area contributed by atoms with E-state index in [0.717, 1.165) is 34.9 Å². The second-order valence-electron chi connectivity index (χ2n) is 4.46. The van der Waals surface area contributed by atoms with Crippen molar-refractivity contribution < 1.29 is 4.79 Å². The van der Waals surface area contributed by atoms with Crippen LogP contribution in [0.5, 0.6) is 0 Å². The summed E-state index contributed by atoms with van der Waals surface area (Å²) in [5.74, 6) is 0.575. The first kappa shape index (κ1) is 12.1. The van der Waals surface area contributed by atoms with Crippen LogP contribution >= 0.6 is 22.9 Å². The second-order valence-corrected chi connectivity index (χ2v) is 6.26. The molecule has 1 aliphatic carbocycles. The van der Waals surface area contributed by atoms with Crippen molar-refractivity contribution in [2.24, 2.45) is 11.7 Å². The summed E-state index contributed by atoms with van der Waals surface area (Å²) in [6.45, 7) is 0. The zero-order chi connectivity index (χ0) is 11.5. The summed E-state index contributed by atoms with van der Waals surface area (Å²) in [7, 11) is 0. The van der Waals surface area contributed by atoms with E-state index in [1.807, 2.05) is 12.1 Å².